The van der Waals surface area contributed by atoms with Crippen molar-refractivity contribution >= 4 is 0 Å². The van der Waals surface area contributed by atoms with Gasteiger partial charge < -0.3 is 5.73 Å². The molecule has 0 fully saturated rings. The Morgan fingerprint density at radius 1 is 1.25 bits per heavy atom. The summed E-state index contributed by atoms with van der Waals surface area (Å²) in [7, 11) is 0. The van der Waals surface area contributed by atoms with E-state index in [-0.39, 0.29) is 6.04 Å². The van der Waals surface area contributed by atoms with Crippen LogP contribution >= 0.6 is 0 Å². The zero-order chi connectivity index (χ0) is 14.4. The van der Waals surface area contributed by atoms with Gasteiger partial charge in [0.2, 0.25) is 0 Å². The second-order valence-corrected chi connectivity index (χ2v) is 6.03. The molecule has 0 saturated carbocycles. The van der Waals surface area contributed by atoms with E-state index in [1.165, 1.54) is 25.7 Å². The second kappa shape index (κ2) is 7.63. The van der Waals surface area contributed by atoms with Gasteiger partial charge in [-0.2, -0.15) is 5.10 Å². The molecular weight excluding hydrogens is 246 g/mol. The van der Waals surface area contributed by atoms with E-state index in [9.17, 15) is 0 Å². The molecule has 112 valence electrons. The van der Waals surface area contributed by atoms with Gasteiger partial charge >= 0.3 is 0 Å². The van der Waals surface area contributed by atoms with Crippen molar-refractivity contribution in [3.8, 4) is 0 Å². The van der Waals surface area contributed by atoms with E-state index < -0.39 is 0 Å². The molecule has 1 aliphatic carbocycles. The molecule has 1 aromatic rings. The highest BCUT2D eigenvalue weighted by molar-refractivity contribution is 5.09. The van der Waals surface area contributed by atoms with Crippen molar-refractivity contribution in [2.45, 2.75) is 77.3 Å². The number of rotatable bonds is 7. The first-order chi connectivity index (χ1) is 9.72. The van der Waals surface area contributed by atoms with Crippen LogP contribution in [0, 0.1) is 0 Å². The summed E-state index contributed by atoms with van der Waals surface area (Å²) in [6, 6.07) is 2.87. The standard InChI is InChI=1S/C17H29N3/c1-3-17(4-2)20-11-10-16(19-20)13-15(18)12-14-8-6-5-7-9-14/h8,10-11,15,17H,3-7,9,12-13,18H2,1-2H3. The van der Waals surface area contributed by atoms with E-state index in [1.807, 2.05) is 0 Å². The molecule has 3 nitrogen and oxygen atoms in total. The van der Waals surface area contributed by atoms with Crippen molar-refractivity contribution in [2.75, 3.05) is 0 Å². The molecular formula is C17H29N3. The van der Waals surface area contributed by atoms with Crippen molar-refractivity contribution < 1.29 is 0 Å². The molecule has 0 bridgehead atoms. The van der Waals surface area contributed by atoms with Gasteiger partial charge in [0.15, 0.2) is 0 Å². The van der Waals surface area contributed by atoms with Crippen molar-refractivity contribution in [3.63, 3.8) is 0 Å². The second-order valence-electron chi connectivity index (χ2n) is 6.03. The fourth-order valence-electron chi connectivity index (χ4n) is 3.12. The van der Waals surface area contributed by atoms with Gasteiger partial charge in [0, 0.05) is 18.7 Å². The Kier molecular flexibility index (Phi) is 5.84. The maximum atomic E-state index is 6.30. The van der Waals surface area contributed by atoms with E-state index in [0.29, 0.717) is 6.04 Å². The van der Waals surface area contributed by atoms with Crippen LogP contribution < -0.4 is 5.73 Å². The van der Waals surface area contributed by atoms with Gasteiger partial charge in [-0.25, -0.2) is 0 Å². The summed E-state index contributed by atoms with van der Waals surface area (Å²) in [6.07, 6.45) is 13.9. The maximum absolute atomic E-state index is 6.30. The van der Waals surface area contributed by atoms with Crippen molar-refractivity contribution in [2.24, 2.45) is 5.73 Å². The number of aromatic nitrogens is 2. The van der Waals surface area contributed by atoms with Crippen LogP contribution in [0.15, 0.2) is 23.9 Å². The summed E-state index contributed by atoms with van der Waals surface area (Å²) in [5.41, 5.74) is 8.99. The molecule has 1 heterocycles. The molecule has 1 atom stereocenters. The van der Waals surface area contributed by atoms with Gasteiger partial charge in [-0.05, 0) is 51.0 Å². The van der Waals surface area contributed by atoms with Crippen LogP contribution in [0.2, 0.25) is 0 Å². The molecule has 1 aliphatic rings. The smallest absolute Gasteiger partial charge is 0.0640 e. The van der Waals surface area contributed by atoms with E-state index >= 15 is 0 Å². The average Bonchev–Trinajstić information content (AvgIpc) is 2.89. The van der Waals surface area contributed by atoms with Gasteiger partial charge in [0.1, 0.15) is 0 Å². The molecule has 0 aliphatic heterocycles. The predicted octanol–water partition coefficient (Wildman–Crippen LogP) is 4.00. The lowest BCUT2D eigenvalue weighted by Crippen LogP contribution is -2.24. The molecule has 20 heavy (non-hydrogen) atoms. The summed E-state index contributed by atoms with van der Waals surface area (Å²) in [6.45, 7) is 4.44. The average molecular weight is 275 g/mol. The van der Waals surface area contributed by atoms with Crippen LogP contribution in [-0.4, -0.2) is 15.8 Å². The number of allylic oxidation sites excluding steroid dienone is 1. The molecule has 0 amide bonds. The van der Waals surface area contributed by atoms with Crippen LogP contribution in [0.25, 0.3) is 0 Å². The van der Waals surface area contributed by atoms with Crippen molar-refractivity contribution in [1.29, 1.82) is 0 Å². The minimum atomic E-state index is 0.212. The van der Waals surface area contributed by atoms with Gasteiger partial charge in [-0.3, -0.25) is 4.68 Å². The SMILES string of the molecule is CCC(CC)n1ccc(CC(N)CC2=CCCCC2)n1. The topological polar surface area (TPSA) is 43.8 Å². The van der Waals surface area contributed by atoms with E-state index in [0.717, 1.165) is 31.4 Å². The first-order valence-corrected chi connectivity index (χ1v) is 8.20. The summed E-state index contributed by atoms with van der Waals surface area (Å²) in [5, 5.41) is 4.70. The quantitative estimate of drug-likeness (QED) is 0.764. The summed E-state index contributed by atoms with van der Waals surface area (Å²) < 4.78 is 2.11. The van der Waals surface area contributed by atoms with Crippen LogP contribution in [0.1, 0.15) is 70.5 Å². The van der Waals surface area contributed by atoms with Crippen LogP contribution in [0.4, 0.5) is 0 Å². The Bertz CT molecular complexity index is 429. The Balaban J connectivity index is 1.87. The molecule has 0 radical (unpaired) electrons. The molecule has 1 unspecified atom stereocenters. The van der Waals surface area contributed by atoms with Gasteiger partial charge in [0.05, 0.1) is 11.7 Å². The number of hydrogen-bond acceptors (Lipinski definition) is 2. The first kappa shape index (κ1) is 15.3. The maximum Gasteiger partial charge on any atom is 0.0640 e. The minimum absolute atomic E-state index is 0.212. The molecule has 0 saturated heterocycles. The minimum Gasteiger partial charge on any atom is -0.327 e. The Morgan fingerprint density at radius 3 is 2.70 bits per heavy atom. The molecule has 2 rings (SSSR count). The highest BCUT2D eigenvalue weighted by Gasteiger charge is 2.13. The summed E-state index contributed by atoms with van der Waals surface area (Å²) in [4.78, 5) is 0. The van der Waals surface area contributed by atoms with E-state index in [1.54, 1.807) is 5.57 Å². The van der Waals surface area contributed by atoms with E-state index in [4.69, 9.17) is 10.8 Å². The lowest BCUT2D eigenvalue weighted by molar-refractivity contribution is 0.424. The molecule has 2 N–H and O–H groups in total. The van der Waals surface area contributed by atoms with Gasteiger partial charge in [-0.1, -0.05) is 25.5 Å². The predicted molar refractivity (Wildman–Crippen MR) is 84.7 cm³/mol. The van der Waals surface area contributed by atoms with E-state index in [2.05, 4.69) is 36.9 Å². The molecule has 0 spiro atoms. The number of nitrogens with zero attached hydrogens (tertiary/aromatic N) is 2. The lowest BCUT2D eigenvalue weighted by Gasteiger charge is -2.17. The zero-order valence-corrected chi connectivity index (χ0v) is 13.0. The Labute approximate surface area is 123 Å². The highest BCUT2D eigenvalue weighted by Crippen LogP contribution is 2.22. The van der Waals surface area contributed by atoms with Crippen LogP contribution in [-0.2, 0) is 6.42 Å². The fourth-order valence-corrected chi connectivity index (χ4v) is 3.12. The third-order valence-corrected chi connectivity index (χ3v) is 4.36. The van der Waals surface area contributed by atoms with Gasteiger partial charge in [-0.15, -0.1) is 0 Å². The van der Waals surface area contributed by atoms with Crippen molar-refractivity contribution in [3.05, 3.63) is 29.6 Å². The summed E-state index contributed by atoms with van der Waals surface area (Å²) >= 11 is 0. The molecule has 1 aromatic heterocycles. The molecule has 3 heteroatoms. The third-order valence-electron chi connectivity index (χ3n) is 4.36. The van der Waals surface area contributed by atoms with Crippen LogP contribution in [0.3, 0.4) is 0 Å². The Morgan fingerprint density at radius 2 is 2.05 bits per heavy atom. The van der Waals surface area contributed by atoms with Crippen molar-refractivity contribution in [1.82, 2.24) is 9.78 Å². The Hall–Kier alpha value is -1.09. The monoisotopic (exact) mass is 275 g/mol. The molecule has 0 aromatic carbocycles. The zero-order valence-electron chi connectivity index (χ0n) is 13.0. The highest BCUT2D eigenvalue weighted by atomic mass is 15.3. The third kappa shape index (κ3) is 4.20. The lowest BCUT2D eigenvalue weighted by atomic mass is 9.93. The first-order valence-electron chi connectivity index (χ1n) is 8.20. The number of hydrogen-bond donors (Lipinski definition) is 1. The fraction of sp³-hybridized carbons (Fsp3) is 0.706. The summed E-state index contributed by atoms with van der Waals surface area (Å²) in [5.74, 6) is 0. The van der Waals surface area contributed by atoms with Crippen LogP contribution in [0.5, 0.6) is 0 Å². The normalized spacial score (nSPS) is 17.3. The largest absolute Gasteiger partial charge is 0.327 e. The number of nitrogens with two attached hydrogens (primary N) is 1. The van der Waals surface area contributed by atoms with Gasteiger partial charge in [0.25, 0.3) is 0 Å².